The van der Waals surface area contributed by atoms with Crippen LogP contribution in [0.25, 0.3) is 0 Å². The van der Waals surface area contributed by atoms with Crippen molar-refractivity contribution in [2.75, 3.05) is 5.32 Å². The van der Waals surface area contributed by atoms with Crippen LogP contribution in [0, 0.1) is 5.82 Å². The van der Waals surface area contributed by atoms with Crippen molar-refractivity contribution < 1.29 is 9.18 Å². The number of carbonyl (C=O) groups excluding carboxylic acids is 1. The molecule has 20 heavy (non-hydrogen) atoms. The second-order valence-corrected chi connectivity index (χ2v) is 5.77. The molecule has 1 amide bonds. The van der Waals surface area contributed by atoms with Crippen LogP contribution in [0.5, 0.6) is 0 Å². The summed E-state index contributed by atoms with van der Waals surface area (Å²) in [6.07, 6.45) is 0.134. The zero-order valence-corrected chi connectivity index (χ0v) is 13.2. The lowest BCUT2D eigenvalue weighted by atomic mass is 10.1. The molecule has 0 radical (unpaired) electrons. The van der Waals surface area contributed by atoms with E-state index in [0.717, 1.165) is 5.56 Å². The summed E-state index contributed by atoms with van der Waals surface area (Å²) in [5.41, 5.74) is 1.13. The van der Waals surface area contributed by atoms with Gasteiger partial charge >= 0.3 is 0 Å². The first-order valence-corrected chi connectivity index (χ1v) is 7.19. The summed E-state index contributed by atoms with van der Waals surface area (Å²) >= 11 is 14.7. The van der Waals surface area contributed by atoms with E-state index in [-0.39, 0.29) is 12.3 Å². The van der Waals surface area contributed by atoms with E-state index >= 15 is 0 Å². The summed E-state index contributed by atoms with van der Waals surface area (Å²) in [5.74, 6) is -0.692. The van der Waals surface area contributed by atoms with Gasteiger partial charge < -0.3 is 5.32 Å². The molecule has 6 heteroatoms. The van der Waals surface area contributed by atoms with Crippen LogP contribution in [0.2, 0.25) is 10.0 Å². The average Bonchev–Trinajstić information content (AvgIpc) is 2.38. The van der Waals surface area contributed by atoms with Gasteiger partial charge in [-0.15, -0.1) is 0 Å². The standard InChI is InChI=1S/C14H9BrCl2FNO/c15-10-3-2-9(7-13(10)18)19-14(20)6-8-1-4-11(16)12(17)5-8/h1-5,7H,6H2,(H,19,20). The highest BCUT2D eigenvalue weighted by atomic mass is 79.9. The fourth-order valence-electron chi connectivity index (χ4n) is 1.61. The van der Waals surface area contributed by atoms with E-state index in [1.165, 1.54) is 12.1 Å². The first kappa shape index (κ1) is 15.3. The van der Waals surface area contributed by atoms with Crippen LogP contribution in [0.4, 0.5) is 10.1 Å². The van der Waals surface area contributed by atoms with Crippen LogP contribution in [-0.4, -0.2) is 5.91 Å². The zero-order chi connectivity index (χ0) is 14.7. The maximum atomic E-state index is 13.3. The molecule has 0 spiro atoms. The van der Waals surface area contributed by atoms with E-state index in [1.54, 1.807) is 24.3 Å². The highest BCUT2D eigenvalue weighted by Crippen LogP contribution is 2.23. The number of rotatable bonds is 3. The summed E-state index contributed by atoms with van der Waals surface area (Å²) < 4.78 is 13.7. The number of hydrogen-bond acceptors (Lipinski definition) is 1. The van der Waals surface area contributed by atoms with Crippen LogP contribution in [-0.2, 0) is 11.2 Å². The third-order valence-electron chi connectivity index (χ3n) is 2.55. The molecule has 0 fully saturated rings. The van der Waals surface area contributed by atoms with Crippen molar-refractivity contribution in [2.45, 2.75) is 6.42 Å². The lowest BCUT2D eigenvalue weighted by Crippen LogP contribution is -2.14. The van der Waals surface area contributed by atoms with E-state index in [9.17, 15) is 9.18 Å². The highest BCUT2D eigenvalue weighted by Gasteiger charge is 2.07. The summed E-state index contributed by atoms with van der Waals surface area (Å²) in [6, 6.07) is 9.37. The first-order valence-electron chi connectivity index (χ1n) is 5.64. The fraction of sp³-hybridized carbons (Fsp3) is 0.0714. The number of carbonyl (C=O) groups is 1. The second kappa shape index (κ2) is 6.57. The van der Waals surface area contributed by atoms with Crippen molar-refractivity contribution in [3.05, 3.63) is 62.3 Å². The van der Waals surface area contributed by atoms with Gasteiger partial charge in [0.15, 0.2) is 0 Å². The molecule has 104 valence electrons. The van der Waals surface area contributed by atoms with E-state index < -0.39 is 5.82 Å². The average molecular weight is 377 g/mol. The molecular weight excluding hydrogens is 368 g/mol. The van der Waals surface area contributed by atoms with Gasteiger partial charge in [0.2, 0.25) is 5.91 Å². The maximum absolute atomic E-state index is 13.3. The van der Waals surface area contributed by atoms with Gasteiger partial charge in [0.1, 0.15) is 5.82 Å². The fourth-order valence-corrected chi connectivity index (χ4v) is 2.18. The van der Waals surface area contributed by atoms with Crippen LogP contribution in [0.1, 0.15) is 5.56 Å². The number of benzene rings is 2. The van der Waals surface area contributed by atoms with Crippen molar-refractivity contribution >= 4 is 50.7 Å². The molecule has 2 aromatic carbocycles. The third kappa shape index (κ3) is 3.95. The topological polar surface area (TPSA) is 29.1 Å². The molecule has 0 bridgehead atoms. The van der Waals surface area contributed by atoms with Gasteiger partial charge in [-0.2, -0.15) is 0 Å². The summed E-state index contributed by atoms with van der Waals surface area (Å²) in [6.45, 7) is 0. The molecule has 0 saturated carbocycles. The number of halogens is 4. The molecular formula is C14H9BrCl2FNO. The Morgan fingerprint density at radius 3 is 2.55 bits per heavy atom. The van der Waals surface area contributed by atoms with E-state index in [2.05, 4.69) is 21.2 Å². The zero-order valence-electron chi connectivity index (χ0n) is 10.1. The molecule has 0 heterocycles. The molecule has 0 aliphatic heterocycles. The molecule has 0 atom stereocenters. The van der Waals surface area contributed by atoms with Gasteiger partial charge in [-0.25, -0.2) is 4.39 Å². The molecule has 0 saturated heterocycles. The number of nitrogens with one attached hydrogen (secondary N) is 1. The largest absolute Gasteiger partial charge is 0.326 e. The van der Waals surface area contributed by atoms with Crippen LogP contribution in [0.15, 0.2) is 40.9 Å². The Morgan fingerprint density at radius 1 is 1.15 bits per heavy atom. The highest BCUT2D eigenvalue weighted by molar-refractivity contribution is 9.10. The maximum Gasteiger partial charge on any atom is 0.228 e. The monoisotopic (exact) mass is 375 g/mol. The van der Waals surface area contributed by atoms with Crippen molar-refractivity contribution in [3.8, 4) is 0 Å². The summed E-state index contributed by atoms with van der Waals surface area (Å²) in [4.78, 5) is 11.9. The minimum atomic E-state index is -0.433. The van der Waals surface area contributed by atoms with Gasteiger partial charge in [0.25, 0.3) is 0 Å². The first-order chi connectivity index (χ1) is 9.45. The van der Waals surface area contributed by atoms with Gasteiger partial charge in [-0.05, 0) is 51.8 Å². The molecule has 0 aliphatic rings. The van der Waals surface area contributed by atoms with Crippen molar-refractivity contribution in [3.63, 3.8) is 0 Å². The Morgan fingerprint density at radius 2 is 1.90 bits per heavy atom. The lowest BCUT2D eigenvalue weighted by molar-refractivity contribution is -0.115. The van der Waals surface area contributed by atoms with Gasteiger partial charge in [0, 0.05) is 5.69 Å². The summed E-state index contributed by atoms with van der Waals surface area (Å²) in [5, 5.41) is 3.45. The Hall–Kier alpha value is -1.10. The predicted molar refractivity (Wildman–Crippen MR) is 82.9 cm³/mol. The quantitative estimate of drug-likeness (QED) is 0.795. The normalized spacial score (nSPS) is 10.4. The molecule has 2 rings (SSSR count). The minimum absolute atomic E-state index is 0.134. The second-order valence-electron chi connectivity index (χ2n) is 4.10. The number of hydrogen-bond donors (Lipinski definition) is 1. The third-order valence-corrected chi connectivity index (χ3v) is 3.93. The summed E-state index contributed by atoms with van der Waals surface area (Å²) in [7, 11) is 0. The molecule has 0 aromatic heterocycles. The van der Waals surface area contributed by atoms with Crippen molar-refractivity contribution in [2.24, 2.45) is 0 Å². The molecule has 2 aromatic rings. The minimum Gasteiger partial charge on any atom is -0.326 e. The van der Waals surface area contributed by atoms with Crippen LogP contribution < -0.4 is 5.32 Å². The number of amides is 1. The van der Waals surface area contributed by atoms with Gasteiger partial charge in [0.05, 0.1) is 20.9 Å². The Balaban J connectivity index is 2.04. The van der Waals surface area contributed by atoms with Crippen molar-refractivity contribution in [1.29, 1.82) is 0 Å². The molecule has 0 aliphatic carbocycles. The van der Waals surface area contributed by atoms with Gasteiger partial charge in [-0.3, -0.25) is 4.79 Å². The number of anilines is 1. The van der Waals surface area contributed by atoms with Crippen LogP contribution >= 0.6 is 39.1 Å². The van der Waals surface area contributed by atoms with E-state index in [1.807, 2.05) is 0 Å². The van der Waals surface area contributed by atoms with Crippen molar-refractivity contribution in [1.82, 2.24) is 0 Å². The Bertz CT molecular complexity index is 608. The molecule has 1 N–H and O–H groups in total. The Kier molecular flexibility index (Phi) is 5.02. The Labute approximate surface area is 134 Å². The molecule has 2 nitrogen and oxygen atoms in total. The van der Waals surface area contributed by atoms with E-state index in [4.69, 9.17) is 23.2 Å². The smallest absolute Gasteiger partial charge is 0.228 e. The predicted octanol–water partition coefficient (Wildman–Crippen LogP) is 5.08. The SMILES string of the molecule is O=C(Cc1ccc(Cl)c(Cl)c1)Nc1ccc(Br)c(F)c1. The lowest BCUT2D eigenvalue weighted by Gasteiger charge is -2.07. The van der Waals surface area contributed by atoms with E-state index in [0.29, 0.717) is 20.2 Å². The van der Waals surface area contributed by atoms with Crippen LogP contribution in [0.3, 0.4) is 0 Å². The van der Waals surface area contributed by atoms with Gasteiger partial charge in [-0.1, -0.05) is 29.3 Å². The molecule has 0 unspecified atom stereocenters.